The molecule has 0 aliphatic carbocycles. The van der Waals surface area contributed by atoms with E-state index in [-0.39, 0.29) is 16.6 Å². The van der Waals surface area contributed by atoms with E-state index in [4.69, 9.17) is 0 Å². The van der Waals surface area contributed by atoms with Crippen LogP contribution in [0.2, 0.25) is 0 Å². The van der Waals surface area contributed by atoms with E-state index in [0.29, 0.717) is 24.1 Å². The number of benzene rings is 1. The molecule has 0 saturated carbocycles. The number of hydrogen-bond donors (Lipinski definition) is 4. The van der Waals surface area contributed by atoms with Crippen LogP contribution in [0.25, 0.3) is 11.0 Å². The van der Waals surface area contributed by atoms with Crippen LogP contribution in [0, 0.1) is 0 Å². The van der Waals surface area contributed by atoms with Crippen LogP contribution in [0.5, 0.6) is 0 Å². The fourth-order valence-electron chi connectivity index (χ4n) is 1.84. The van der Waals surface area contributed by atoms with Gasteiger partial charge >= 0.3 is 5.69 Å². The summed E-state index contributed by atoms with van der Waals surface area (Å²) >= 11 is 0. The molecule has 7 nitrogen and oxygen atoms in total. The first-order valence-corrected chi connectivity index (χ1v) is 6.98. The molecule has 0 bridgehead atoms. The lowest BCUT2D eigenvalue weighted by Gasteiger charge is -2.27. The molecule has 18 heavy (non-hydrogen) atoms. The quantitative estimate of drug-likeness (QED) is 0.579. The van der Waals surface area contributed by atoms with Gasteiger partial charge in [-0.05, 0) is 18.2 Å². The van der Waals surface area contributed by atoms with Crippen molar-refractivity contribution in [1.29, 1.82) is 0 Å². The molecule has 1 aromatic carbocycles. The van der Waals surface area contributed by atoms with E-state index >= 15 is 0 Å². The first-order valence-electron chi connectivity index (χ1n) is 5.50. The molecule has 8 heteroatoms. The minimum absolute atomic E-state index is 0.0593. The van der Waals surface area contributed by atoms with Gasteiger partial charge in [-0.2, -0.15) is 0 Å². The molecule has 0 radical (unpaired) electrons. The molecule has 1 aliphatic heterocycles. The van der Waals surface area contributed by atoms with Crippen molar-refractivity contribution in [2.24, 2.45) is 0 Å². The van der Waals surface area contributed by atoms with Crippen molar-refractivity contribution in [1.82, 2.24) is 20.0 Å². The number of rotatable bonds is 3. The van der Waals surface area contributed by atoms with Crippen molar-refractivity contribution in [3.8, 4) is 0 Å². The summed E-state index contributed by atoms with van der Waals surface area (Å²) in [6, 6.07) is 4.43. The second-order valence-corrected chi connectivity index (χ2v) is 5.98. The highest BCUT2D eigenvalue weighted by Crippen LogP contribution is 2.15. The number of H-pyrrole nitrogens is 2. The molecule has 0 atom stereocenters. The molecule has 2 aromatic rings. The van der Waals surface area contributed by atoms with Gasteiger partial charge in [0.2, 0.25) is 10.0 Å². The van der Waals surface area contributed by atoms with Gasteiger partial charge < -0.3 is 15.3 Å². The third-order valence-corrected chi connectivity index (χ3v) is 4.42. The third-order valence-electron chi connectivity index (χ3n) is 2.90. The summed E-state index contributed by atoms with van der Waals surface area (Å²) in [7, 11) is -3.53. The first kappa shape index (κ1) is 11.5. The smallest absolute Gasteiger partial charge is 0.313 e. The predicted octanol–water partition coefficient (Wildman–Crippen LogP) is -0.894. The Labute approximate surface area is 103 Å². The van der Waals surface area contributed by atoms with Crippen molar-refractivity contribution < 1.29 is 8.42 Å². The lowest BCUT2D eigenvalue weighted by molar-refractivity contribution is 0.410. The Hall–Kier alpha value is -1.64. The second kappa shape index (κ2) is 3.94. The van der Waals surface area contributed by atoms with Gasteiger partial charge in [-0.3, -0.25) is 0 Å². The molecule has 3 rings (SSSR count). The lowest BCUT2D eigenvalue weighted by Crippen LogP contribution is -2.56. The van der Waals surface area contributed by atoms with Gasteiger partial charge in [0.15, 0.2) is 0 Å². The normalized spacial score (nSPS) is 16.9. The van der Waals surface area contributed by atoms with Crippen LogP contribution in [0.1, 0.15) is 0 Å². The first-order chi connectivity index (χ1) is 8.54. The van der Waals surface area contributed by atoms with Gasteiger partial charge in [-0.25, -0.2) is 17.9 Å². The number of hydrogen-bond acceptors (Lipinski definition) is 4. The maximum Gasteiger partial charge on any atom is 0.323 e. The van der Waals surface area contributed by atoms with Crippen LogP contribution >= 0.6 is 0 Å². The van der Waals surface area contributed by atoms with Crippen molar-refractivity contribution in [2.45, 2.75) is 10.9 Å². The maximum absolute atomic E-state index is 12.0. The van der Waals surface area contributed by atoms with E-state index in [2.05, 4.69) is 20.0 Å². The summed E-state index contributed by atoms with van der Waals surface area (Å²) in [4.78, 5) is 16.3. The molecular weight excluding hydrogens is 256 g/mol. The third kappa shape index (κ3) is 1.94. The molecule has 0 amide bonds. The molecular formula is C10H12N4O3S. The molecule has 0 spiro atoms. The van der Waals surface area contributed by atoms with Crippen LogP contribution < -0.4 is 15.7 Å². The minimum atomic E-state index is -3.53. The molecule has 1 saturated heterocycles. The zero-order chi connectivity index (χ0) is 12.8. The van der Waals surface area contributed by atoms with Crippen LogP contribution in [-0.2, 0) is 10.0 Å². The average Bonchev–Trinajstić information content (AvgIpc) is 2.62. The minimum Gasteiger partial charge on any atom is -0.313 e. The van der Waals surface area contributed by atoms with Gasteiger partial charge in [0.25, 0.3) is 0 Å². The predicted molar refractivity (Wildman–Crippen MR) is 65.9 cm³/mol. The topological polar surface area (TPSA) is 107 Å². The van der Waals surface area contributed by atoms with Gasteiger partial charge in [0.1, 0.15) is 0 Å². The molecule has 1 aliphatic rings. The molecule has 4 N–H and O–H groups in total. The van der Waals surface area contributed by atoms with Crippen LogP contribution in [0.15, 0.2) is 27.9 Å². The number of aromatic nitrogens is 2. The fourth-order valence-corrected chi connectivity index (χ4v) is 3.10. The van der Waals surface area contributed by atoms with Gasteiger partial charge in [0, 0.05) is 19.1 Å². The highest BCUT2D eigenvalue weighted by Gasteiger charge is 2.24. The number of nitrogens with one attached hydrogen (secondary N) is 4. The Balaban J connectivity index is 1.99. The standard InChI is InChI=1S/C10H12N4O3S/c15-10-12-8-2-1-7(3-9(8)13-10)18(16,17)14-6-4-11-5-6/h1-3,6,11,14H,4-5H2,(H2,12,13,15). The summed E-state index contributed by atoms with van der Waals surface area (Å²) < 4.78 is 26.7. The zero-order valence-corrected chi connectivity index (χ0v) is 10.2. The van der Waals surface area contributed by atoms with Gasteiger partial charge in [0.05, 0.1) is 15.9 Å². The van der Waals surface area contributed by atoms with E-state index in [0.717, 1.165) is 0 Å². The van der Waals surface area contributed by atoms with Crippen LogP contribution in [0.4, 0.5) is 0 Å². The molecule has 1 aromatic heterocycles. The summed E-state index contributed by atoms with van der Waals surface area (Å²) in [5, 5.41) is 2.99. The maximum atomic E-state index is 12.0. The lowest BCUT2D eigenvalue weighted by atomic mass is 10.2. The summed E-state index contributed by atoms with van der Waals surface area (Å²) in [5.41, 5.74) is 0.717. The average molecular weight is 268 g/mol. The number of fused-ring (bicyclic) bond motifs is 1. The molecule has 96 valence electrons. The highest BCUT2D eigenvalue weighted by molar-refractivity contribution is 7.89. The van der Waals surface area contributed by atoms with E-state index in [9.17, 15) is 13.2 Å². The Bertz CT molecular complexity index is 742. The number of sulfonamides is 1. The van der Waals surface area contributed by atoms with Crippen molar-refractivity contribution in [3.05, 3.63) is 28.7 Å². The number of aromatic amines is 2. The fraction of sp³-hybridized carbons (Fsp3) is 0.300. The van der Waals surface area contributed by atoms with Crippen molar-refractivity contribution >= 4 is 21.1 Å². The Morgan fingerprint density at radius 3 is 2.56 bits per heavy atom. The van der Waals surface area contributed by atoms with Gasteiger partial charge in [-0.1, -0.05) is 0 Å². The second-order valence-electron chi connectivity index (χ2n) is 4.26. The number of imidazole rings is 1. The Morgan fingerprint density at radius 1 is 1.17 bits per heavy atom. The molecule has 2 heterocycles. The van der Waals surface area contributed by atoms with E-state index in [1.807, 2.05) is 0 Å². The van der Waals surface area contributed by atoms with E-state index in [1.165, 1.54) is 12.1 Å². The Kier molecular flexibility index (Phi) is 2.51. The molecule has 1 fully saturated rings. The SMILES string of the molecule is O=c1[nH]c2ccc(S(=O)(=O)NC3CNC3)cc2[nH]1. The van der Waals surface area contributed by atoms with Gasteiger partial charge in [-0.15, -0.1) is 0 Å². The summed E-state index contributed by atoms with van der Waals surface area (Å²) in [6.07, 6.45) is 0. The molecule has 0 unspecified atom stereocenters. The highest BCUT2D eigenvalue weighted by atomic mass is 32.2. The van der Waals surface area contributed by atoms with E-state index in [1.54, 1.807) is 6.07 Å². The van der Waals surface area contributed by atoms with Crippen molar-refractivity contribution in [2.75, 3.05) is 13.1 Å². The Morgan fingerprint density at radius 2 is 1.89 bits per heavy atom. The van der Waals surface area contributed by atoms with Crippen molar-refractivity contribution in [3.63, 3.8) is 0 Å². The summed E-state index contributed by atoms with van der Waals surface area (Å²) in [6.45, 7) is 1.28. The van der Waals surface area contributed by atoms with Crippen LogP contribution in [0.3, 0.4) is 0 Å². The van der Waals surface area contributed by atoms with E-state index < -0.39 is 10.0 Å². The monoisotopic (exact) mass is 268 g/mol. The zero-order valence-electron chi connectivity index (χ0n) is 9.36. The summed E-state index contributed by atoms with van der Waals surface area (Å²) in [5.74, 6) is 0. The largest absolute Gasteiger partial charge is 0.323 e. The van der Waals surface area contributed by atoms with Crippen LogP contribution in [-0.4, -0.2) is 37.5 Å².